The van der Waals surface area contributed by atoms with Crippen LogP contribution in [0.5, 0.6) is 5.75 Å². The van der Waals surface area contributed by atoms with Crippen LogP contribution in [0.4, 0.5) is 5.69 Å². The molecule has 6 nitrogen and oxygen atoms in total. The second-order valence-corrected chi connectivity index (χ2v) is 8.94. The molecule has 0 aliphatic rings. The van der Waals surface area contributed by atoms with Crippen LogP contribution in [0.2, 0.25) is 5.02 Å². The number of rotatable bonds is 7. The fourth-order valence-corrected chi connectivity index (χ4v) is 4.04. The number of halogens is 1. The van der Waals surface area contributed by atoms with Crippen molar-refractivity contribution in [1.82, 2.24) is 10.3 Å². The van der Waals surface area contributed by atoms with E-state index in [9.17, 15) is 4.79 Å². The molecule has 0 spiro atoms. The standard InChI is InChI=1S/C27H26ClN3O3S/c1-4-16(3)17-9-12-24-22(15-17)30-26(34-24)19-7-6-8-20(13-19)29-27(35)31-25(32)18-10-11-23(33-5-2)21(28)14-18/h6-16H,4-5H2,1-3H3,(H2,29,31,32,35). The van der Waals surface area contributed by atoms with Crippen molar-refractivity contribution in [1.29, 1.82) is 0 Å². The van der Waals surface area contributed by atoms with Gasteiger partial charge in [0, 0.05) is 16.8 Å². The van der Waals surface area contributed by atoms with Gasteiger partial charge in [-0.3, -0.25) is 10.1 Å². The monoisotopic (exact) mass is 507 g/mol. The molecular weight excluding hydrogens is 482 g/mol. The predicted octanol–water partition coefficient (Wildman–Crippen LogP) is 7.19. The van der Waals surface area contributed by atoms with Gasteiger partial charge in [0.1, 0.15) is 11.3 Å². The summed E-state index contributed by atoms with van der Waals surface area (Å²) in [5.74, 6) is 1.13. The van der Waals surface area contributed by atoms with Gasteiger partial charge in [-0.1, -0.05) is 37.6 Å². The van der Waals surface area contributed by atoms with Crippen LogP contribution in [-0.2, 0) is 0 Å². The maximum atomic E-state index is 12.6. The number of aromatic nitrogens is 1. The number of nitrogens with zero attached hydrogens (tertiary/aromatic N) is 1. The Morgan fingerprint density at radius 1 is 1.14 bits per heavy atom. The number of benzene rings is 3. The number of amides is 1. The van der Waals surface area contributed by atoms with Gasteiger partial charge < -0.3 is 14.5 Å². The quantitative estimate of drug-likeness (QED) is 0.258. The van der Waals surface area contributed by atoms with Crippen molar-refractivity contribution in [2.24, 2.45) is 0 Å². The van der Waals surface area contributed by atoms with E-state index in [1.807, 2.05) is 37.3 Å². The van der Waals surface area contributed by atoms with E-state index < -0.39 is 0 Å². The predicted molar refractivity (Wildman–Crippen MR) is 144 cm³/mol. The van der Waals surface area contributed by atoms with Crippen LogP contribution in [0.1, 0.15) is 49.0 Å². The van der Waals surface area contributed by atoms with Crippen LogP contribution >= 0.6 is 23.8 Å². The first-order valence-electron chi connectivity index (χ1n) is 11.4. The third-order valence-electron chi connectivity index (χ3n) is 5.68. The largest absolute Gasteiger partial charge is 0.492 e. The van der Waals surface area contributed by atoms with Gasteiger partial charge in [0.15, 0.2) is 10.7 Å². The number of hydrogen-bond acceptors (Lipinski definition) is 5. The molecule has 1 atom stereocenters. The number of carbonyl (C=O) groups excluding carboxylic acids is 1. The smallest absolute Gasteiger partial charge is 0.257 e. The number of ether oxygens (including phenoxy) is 1. The zero-order valence-corrected chi connectivity index (χ0v) is 21.3. The van der Waals surface area contributed by atoms with Gasteiger partial charge >= 0.3 is 0 Å². The third kappa shape index (κ3) is 5.81. The molecule has 0 saturated heterocycles. The van der Waals surface area contributed by atoms with Crippen molar-refractivity contribution in [2.45, 2.75) is 33.1 Å². The topological polar surface area (TPSA) is 76.4 Å². The van der Waals surface area contributed by atoms with Crippen molar-refractivity contribution < 1.29 is 13.9 Å². The van der Waals surface area contributed by atoms with Gasteiger partial charge in [0.2, 0.25) is 5.89 Å². The third-order valence-corrected chi connectivity index (χ3v) is 6.18. The molecule has 1 heterocycles. The van der Waals surface area contributed by atoms with Gasteiger partial charge in [0.05, 0.1) is 11.6 Å². The Bertz CT molecular complexity index is 1390. The average molecular weight is 508 g/mol. The van der Waals surface area contributed by atoms with Crippen molar-refractivity contribution >= 4 is 51.6 Å². The molecule has 3 aromatic carbocycles. The van der Waals surface area contributed by atoms with Gasteiger partial charge in [-0.25, -0.2) is 4.98 Å². The number of oxazole rings is 1. The number of carbonyl (C=O) groups is 1. The van der Waals surface area contributed by atoms with Crippen LogP contribution in [0.15, 0.2) is 65.1 Å². The van der Waals surface area contributed by atoms with E-state index in [1.165, 1.54) is 5.56 Å². The van der Waals surface area contributed by atoms with Gasteiger partial charge in [-0.15, -0.1) is 0 Å². The summed E-state index contributed by atoms with van der Waals surface area (Å²) >= 11 is 11.5. The lowest BCUT2D eigenvalue weighted by atomic mass is 9.98. The summed E-state index contributed by atoms with van der Waals surface area (Å²) in [6, 6.07) is 18.5. The highest BCUT2D eigenvalue weighted by Gasteiger charge is 2.13. The molecule has 180 valence electrons. The Morgan fingerprint density at radius 2 is 1.97 bits per heavy atom. The normalized spacial score (nSPS) is 11.8. The summed E-state index contributed by atoms with van der Waals surface area (Å²) in [7, 11) is 0. The molecule has 1 aromatic heterocycles. The molecule has 1 unspecified atom stereocenters. The van der Waals surface area contributed by atoms with Crippen molar-refractivity contribution in [3.05, 3.63) is 76.8 Å². The minimum Gasteiger partial charge on any atom is -0.492 e. The van der Waals surface area contributed by atoms with Crippen molar-refractivity contribution in [3.63, 3.8) is 0 Å². The number of hydrogen-bond donors (Lipinski definition) is 2. The summed E-state index contributed by atoms with van der Waals surface area (Å²) in [6.45, 7) is 6.72. The first-order valence-corrected chi connectivity index (χ1v) is 12.2. The molecular formula is C27H26ClN3O3S. The van der Waals surface area contributed by atoms with Crippen LogP contribution < -0.4 is 15.4 Å². The Kier molecular flexibility index (Phi) is 7.68. The zero-order chi connectivity index (χ0) is 24.9. The molecule has 0 bridgehead atoms. The molecule has 1 amide bonds. The lowest BCUT2D eigenvalue weighted by Crippen LogP contribution is -2.34. The molecule has 0 radical (unpaired) electrons. The lowest BCUT2D eigenvalue weighted by molar-refractivity contribution is 0.0977. The molecule has 8 heteroatoms. The van der Waals surface area contributed by atoms with E-state index in [2.05, 4.69) is 41.6 Å². The summed E-state index contributed by atoms with van der Waals surface area (Å²) in [4.78, 5) is 17.3. The van der Waals surface area contributed by atoms with Crippen LogP contribution in [0.25, 0.3) is 22.6 Å². The fourth-order valence-electron chi connectivity index (χ4n) is 3.59. The Hall–Kier alpha value is -3.42. The summed E-state index contributed by atoms with van der Waals surface area (Å²) in [5, 5.41) is 6.23. The van der Waals surface area contributed by atoms with E-state index in [-0.39, 0.29) is 11.0 Å². The number of fused-ring (bicyclic) bond motifs is 1. The fraction of sp³-hybridized carbons (Fsp3) is 0.222. The van der Waals surface area contributed by atoms with E-state index in [0.717, 1.165) is 23.1 Å². The number of anilines is 1. The molecule has 4 rings (SSSR count). The van der Waals surface area contributed by atoms with Gasteiger partial charge in [-0.05, 0) is 85.6 Å². The Labute approximate surface area is 214 Å². The van der Waals surface area contributed by atoms with Gasteiger partial charge in [-0.2, -0.15) is 0 Å². The van der Waals surface area contributed by atoms with E-state index in [0.29, 0.717) is 40.4 Å². The number of thiocarbonyl (C=S) groups is 1. The second-order valence-electron chi connectivity index (χ2n) is 8.12. The molecule has 0 aliphatic carbocycles. The van der Waals surface area contributed by atoms with Crippen LogP contribution in [-0.4, -0.2) is 22.6 Å². The van der Waals surface area contributed by atoms with Gasteiger partial charge in [0.25, 0.3) is 5.91 Å². The molecule has 4 aromatic rings. The highest BCUT2D eigenvalue weighted by Crippen LogP contribution is 2.29. The summed E-state index contributed by atoms with van der Waals surface area (Å²) in [6.07, 6.45) is 1.06. The SMILES string of the molecule is CCOc1ccc(C(=O)NC(=S)Nc2cccc(-c3nc4cc(C(C)CC)ccc4o3)c2)cc1Cl. The maximum Gasteiger partial charge on any atom is 0.257 e. The maximum absolute atomic E-state index is 12.6. The first-order chi connectivity index (χ1) is 16.9. The van der Waals surface area contributed by atoms with E-state index >= 15 is 0 Å². The van der Waals surface area contributed by atoms with E-state index in [4.69, 9.17) is 33.0 Å². The minimum atomic E-state index is -0.375. The van der Waals surface area contributed by atoms with Crippen molar-refractivity contribution in [3.8, 4) is 17.2 Å². The van der Waals surface area contributed by atoms with Crippen LogP contribution in [0.3, 0.4) is 0 Å². The lowest BCUT2D eigenvalue weighted by Gasteiger charge is -2.11. The summed E-state index contributed by atoms with van der Waals surface area (Å²) in [5.41, 5.74) is 4.67. The number of nitrogens with one attached hydrogen (secondary N) is 2. The van der Waals surface area contributed by atoms with Crippen molar-refractivity contribution in [2.75, 3.05) is 11.9 Å². The highest BCUT2D eigenvalue weighted by molar-refractivity contribution is 7.80. The molecule has 0 saturated carbocycles. The first kappa shape index (κ1) is 24.7. The van der Waals surface area contributed by atoms with E-state index in [1.54, 1.807) is 18.2 Å². The molecule has 35 heavy (non-hydrogen) atoms. The summed E-state index contributed by atoms with van der Waals surface area (Å²) < 4.78 is 11.4. The van der Waals surface area contributed by atoms with Crippen LogP contribution in [0, 0.1) is 0 Å². The average Bonchev–Trinajstić information content (AvgIpc) is 3.28. The highest BCUT2D eigenvalue weighted by atomic mass is 35.5. The molecule has 2 N–H and O–H groups in total. The molecule has 0 fully saturated rings. The minimum absolute atomic E-state index is 0.160. The second kappa shape index (κ2) is 10.9. The Morgan fingerprint density at radius 3 is 2.71 bits per heavy atom. The zero-order valence-electron chi connectivity index (χ0n) is 19.7. The molecule has 0 aliphatic heterocycles. The Balaban J connectivity index is 1.46.